The molecule has 1 N–H and O–H groups in total. The average Bonchev–Trinajstić information content (AvgIpc) is 2.97. The van der Waals surface area contributed by atoms with Gasteiger partial charge in [0, 0.05) is 56.8 Å². The molecule has 0 aliphatic carbocycles. The quantitative estimate of drug-likeness (QED) is 0.795. The van der Waals surface area contributed by atoms with Gasteiger partial charge in [-0.2, -0.15) is 0 Å². The zero-order valence-electron chi connectivity index (χ0n) is 13.1. The van der Waals surface area contributed by atoms with Gasteiger partial charge in [-0.05, 0) is 55.5 Å². The van der Waals surface area contributed by atoms with E-state index in [-0.39, 0.29) is 5.91 Å². The highest BCUT2D eigenvalue weighted by Crippen LogP contribution is 2.21. The SMILES string of the molecule is CCn1ccc2cc(NC(=O)c3ccc([S@](C)=O)cc3)ccc21. The van der Waals surface area contributed by atoms with E-state index < -0.39 is 10.8 Å². The molecule has 5 heteroatoms. The van der Waals surface area contributed by atoms with Crippen LogP contribution < -0.4 is 5.32 Å². The predicted molar refractivity (Wildman–Crippen MR) is 94.3 cm³/mol. The van der Waals surface area contributed by atoms with Crippen molar-refractivity contribution in [1.82, 2.24) is 4.57 Å². The van der Waals surface area contributed by atoms with E-state index in [1.807, 2.05) is 30.5 Å². The summed E-state index contributed by atoms with van der Waals surface area (Å²) in [6, 6.07) is 14.7. The third kappa shape index (κ3) is 3.19. The Balaban J connectivity index is 1.80. The number of anilines is 1. The summed E-state index contributed by atoms with van der Waals surface area (Å²) >= 11 is 0. The normalized spacial score (nSPS) is 12.3. The number of nitrogens with one attached hydrogen (secondary N) is 1. The molecule has 0 unspecified atom stereocenters. The Morgan fingerprint density at radius 1 is 1.13 bits per heavy atom. The Labute approximate surface area is 137 Å². The molecule has 0 aliphatic rings. The lowest BCUT2D eigenvalue weighted by Crippen LogP contribution is -2.11. The third-order valence-electron chi connectivity index (χ3n) is 3.82. The minimum Gasteiger partial charge on any atom is -0.348 e. The average molecular weight is 326 g/mol. The molecule has 0 bridgehead atoms. The van der Waals surface area contributed by atoms with Crippen LogP contribution in [0.2, 0.25) is 0 Å². The van der Waals surface area contributed by atoms with Crippen LogP contribution in [0.4, 0.5) is 5.69 Å². The van der Waals surface area contributed by atoms with Crippen molar-refractivity contribution in [3.63, 3.8) is 0 Å². The zero-order valence-corrected chi connectivity index (χ0v) is 13.9. The van der Waals surface area contributed by atoms with E-state index in [1.54, 1.807) is 30.5 Å². The minimum atomic E-state index is -1.04. The molecular weight excluding hydrogens is 308 g/mol. The van der Waals surface area contributed by atoms with E-state index in [2.05, 4.69) is 16.8 Å². The van der Waals surface area contributed by atoms with Crippen molar-refractivity contribution < 1.29 is 9.00 Å². The highest BCUT2D eigenvalue weighted by atomic mass is 32.2. The molecule has 2 aromatic carbocycles. The second kappa shape index (κ2) is 6.38. The molecule has 1 atom stereocenters. The minimum absolute atomic E-state index is 0.173. The van der Waals surface area contributed by atoms with Gasteiger partial charge in [-0.15, -0.1) is 0 Å². The van der Waals surface area contributed by atoms with E-state index >= 15 is 0 Å². The summed E-state index contributed by atoms with van der Waals surface area (Å²) in [5, 5.41) is 4.00. The number of aromatic nitrogens is 1. The highest BCUT2D eigenvalue weighted by molar-refractivity contribution is 7.84. The van der Waals surface area contributed by atoms with Crippen molar-refractivity contribution >= 4 is 33.3 Å². The number of rotatable bonds is 4. The van der Waals surface area contributed by atoms with Gasteiger partial charge >= 0.3 is 0 Å². The molecule has 0 saturated carbocycles. The van der Waals surface area contributed by atoms with Crippen LogP contribution >= 0.6 is 0 Å². The molecule has 0 spiro atoms. The van der Waals surface area contributed by atoms with Gasteiger partial charge in [-0.25, -0.2) is 0 Å². The van der Waals surface area contributed by atoms with Crippen LogP contribution in [0.1, 0.15) is 17.3 Å². The van der Waals surface area contributed by atoms with Crippen molar-refractivity contribution in [3.05, 3.63) is 60.3 Å². The topological polar surface area (TPSA) is 51.1 Å². The summed E-state index contributed by atoms with van der Waals surface area (Å²) in [7, 11) is -1.04. The Hall–Kier alpha value is -2.40. The number of nitrogens with zero attached hydrogens (tertiary/aromatic N) is 1. The molecular formula is C18H18N2O2S. The van der Waals surface area contributed by atoms with Gasteiger partial charge in [0.15, 0.2) is 0 Å². The number of fused-ring (bicyclic) bond motifs is 1. The standard InChI is InChI=1S/C18H18N2O2S/c1-3-20-11-10-14-12-15(6-9-17(14)20)19-18(21)13-4-7-16(8-5-13)23(2)22/h4-12H,3H2,1-2H3,(H,19,21)/t23-/m0/s1. The molecule has 4 nitrogen and oxygen atoms in total. The predicted octanol–water partition coefficient (Wildman–Crippen LogP) is 3.65. The Morgan fingerprint density at radius 3 is 2.52 bits per heavy atom. The number of hydrogen-bond donors (Lipinski definition) is 1. The van der Waals surface area contributed by atoms with Gasteiger partial charge in [0.05, 0.1) is 0 Å². The number of carbonyl (C=O) groups excluding carboxylic acids is 1. The van der Waals surface area contributed by atoms with Crippen LogP contribution in [-0.4, -0.2) is 20.9 Å². The molecule has 0 aliphatic heterocycles. The van der Waals surface area contributed by atoms with Crippen molar-refractivity contribution in [2.24, 2.45) is 0 Å². The maximum Gasteiger partial charge on any atom is 0.255 e. The van der Waals surface area contributed by atoms with Crippen molar-refractivity contribution in [2.75, 3.05) is 11.6 Å². The summed E-state index contributed by atoms with van der Waals surface area (Å²) in [4.78, 5) is 13.0. The molecule has 23 heavy (non-hydrogen) atoms. The summed E-state index contributed by atoms with van der Waals surface area (Å²) in [6.45, 7) is 3.02. The van der Waals surface area contributed by atoms with Gasteiger partial charge < -0.3 is 9.88 Å². The van der Waals surface area contributed by atoms with Crippen LogP contribution in [0.3, 0.4) is 0 Å². The molecule has 1 amide bonds. The molecule has 3 rings (SSSR count). The second-order valence-corrected chi connectivity index (χ2v) is 6.69. The van der Waals surface area contributed by atoms with Crippen LogP contribution in [0.15, 0.2) is 59.6 Å². The molecule has 0 radical (unpaired) electrons. The van der Waals surface area contributed by atoms with E-state index in [1.165, 1.54) is 0 Å². The van der Waals surface area contributed by atoms with Gasteiger partial charge in [0.1, 0.15) is 0 Å². The first-order chi connectivity index (χ1) is 11.1. The smallest absolute Gasteiger partial charge is 0.255 e. The molecule has 0 saturated heterocycles. The molecule has 118 valence electrons. The fourth-order valence-electron chi connectivity index (χ4n) is 2.55. The van der Waals surface area contributed by atoms with Crippen LogP contribution in [-0.2, 0) is 17.3 Å². The van der Waals surface area contributed by atoms with Crippen molar-refractivity contribution in [2.45, 2.75) is 18.4 Å². The lowest BCUT2D eigenvalue weighted by Gasteiger charge is -2.07. The van der Waals surface area contributed by atoms with Crippen molar-refractivity contribution in [3.8, 4) is 0 Å². The second-order valence-electron chi connectivity index (χ2n) is 5.31. The molecule has 3 aromatic rings. The van der Waals surface area contributed by atoms with Gasteiger partial charge in [0.2, 0.25) is 0 Å². The summed E-state index contributed by atoms with van der Waals surface area (Å²) in [5.41, 5.74) is 2.46. The first kappa shape index (κ1) is 15.5. The fourth-order valence-corrected chi connectivity index (χ4v) is 3.07. The first-order valence-electron chi connectivity index (χ1n) is 7.42. The highest BCUT2D eigenvalue weighted by Gasteiger charge is 2.08. The van der Waals surface area contributed by atoms with Crippen LogP contribution in [0.25, 0.3) is 10.9 Å². The van der Waals surface area contributed by atoms with E-state index in [9.17, 15) is 9.00 Å². The molecule has 0 fully saturated rings. The fraction of sp³-hybridized carbons (Fsp3) is 0.167. The Morgan fingerprint density at radius 2 is 1.87 bits per heavy atom. The summed E-state index contributed by atoms with van der Waals surface area (Å²) in [6.07, 6.45) is 3.66. The van der Waals surface area contributed by atoms with Crippen LogP contribution in [0.5, 0.6) is 0 Å². The number of amides is 1. The van der Waals surface area contributed by atoms with Gasteiger partial charge in [-0.3, -0.25) is 9.00 Å². The molecule has 1 aromatic heterocycles. The van der Waals surface area contributed by atoms with Gasteiger partial charge in [0.25, 0.3) is 5.91 Å². The summed E-state index contributed by atoms with van der Waals surface area (Å²) in [5.74, 6) is -0.173. The molecule has 1 heterocycles. The number of hydrogen-bond acceptors (Lipinski definition) is 2. The number of carbonyl (C=O) groups is 1. The monoisotopic (exact) mass is 326 g/mol. The third-order valence-corrected chi connectivity index (χ3v) is 4.75. The van der Waals surface area contributed by atoms with Gasteiger partial charge in [-0.1, -0.05) is 0 Å². The lowest BCUT2D eigenvalue weighted by atomic mass is 10.2. The number of benzene rings is 2. The summed E-state index contributed by atoms with van der Waals surface area (Å²) < 4.78 is 13.5. The largest absolute Gasteiger partial charge is 0.348 e. The van der Waals surface area contributed by atoms with Crippen molar-refractivity contribution in [1.29, 1.82) is 0 Å². The van der Waals surface area contributed by atoms with E-state index in [4.69, 9.17) is 0 Å². The Bertz CT molecular complexity index is 882. The van der Waals surface area contributed by atoms with Crippen LogP contribution in [0, 0.1) is 0 Å². The lowest BCUT2D eigenvalue weighted by molar-refractivity contribution is 0.102. The first-order valence-corrected chi connectivity index (χ1v) is 8.98. The zero-order chi connectivity index (χ0) is 16.4. The maximum absolute atomic E-state index is 12.3. The van der Waals surface area contributed by atoms with E-state index in [0.717, 1.165) is 23.1 Å². The Kier molecular flexibility index (Phi) is 4.30. The number of aryl methyl sites for hydroxylation is 1. The maximum atomic E-state index is 12.3. The van der Waals surface area contributed by atoms with E-state index in [0.29, 0.717) is 10.5 Å².